The van der Waals surface area contributed by atoms with Crippen LogP contribution in [0.1, 0.15) is 18.2 Å². The van der Waals surface area contributed by atoms with Crippen molar-refractivity contribution in [2.75, 3.05) is 0 Å². The van der Waals surface area contributed by atoms with Crippen LogP contribution in [0.2, 0.25) is 0 Å². The lowest BCUT2D eigenvalue weighted by Gasteiger charge is -2.00. The molecule has 0 aliphatic rings. The Balaban J connectivity index is 2.74. The van der Waals surface area contributed by atoms with Crippen molar-refractivity contribution >= 4 is 22.4 Å². The Morgan fingerprint density at radius 2 is 2.18 bits per heavy atom. The van der Waals surface area contributed by atoms with Gasteiger partial charge in [0.2, 0.25) is 0 Å². The number of aromatic amines is 1. The maximum Gasteiger partial charge on any atom is 0.328 e. The van der Waals surface area contributed by atoms with E-state index in [0.29, 0.717) is 16.5 Å². The van der Waals surface area contributed by atoms with E-state index in [1.54, 1.807) is 26.0 Å². The molecule has 88 valence electrons. The highest BCUT2D eigenvalue weighted by atomic mass is 19.1. The second-order valence-corrected chi connectivity index (χ2v) is 3.95. The molecule has 0 atom stereocenters. The number of aliphatic carboxylic acids is 1. The monoisotopic (exact) mass is 233 g/mol. The Kier molecular flexibility index (Phi) is 2.71. The molecule has 3 nitrogen and oxygen atoms in total. The molecular weight excluding hydrogens is 221 g/mol. The number of carbonyl (C=O) groups is 1. The van der Waals surface area contributed by atoms with Crippen LogP contribution >= 0.6 is 0 Å². The van der Waals surface area contributed by atoms with Gasteiger partial charge in [-0.15, -0.1) is 0 Å². The highest BCUT2D eigenvalue weighted by Gasteiger charge is 2.12. The third kappa shape index (κ3) is 1.93. The van der Waals surface area contributed by atoms with Crippen LogP contribution in [0.3, 0.4) is 0 Å². The van der Waals surface area contributed by atoms with E-state index in [1.807, 2.05) is 0 Å². The fourth-order valence-corrected chi connectivity index (χ4v) is 2.08. The highest BCUT2D eigenvalue weighted by molar-refractivity contribution is 5.98. The van der Waals surface area contributed by atoms with Gasteiger partial charge in [0.15, 0.2) is 0 Å². The first-order chi connectivity index (χ1) is 8.00. The average Bonchev–Trinajstić information content (AvgIpc) is 2.55. The molecule has 0 saturated carbocycles. The fraction of sp³-hybridized carbons (Fsp3) is 0.154. The number of para-hydroxylation sites is 1. The minimum atomic E-state index is -1.01. The summed E-state index contributed by atoms with van der Waals surface area (Å²) >= 11 is 0. The molecule has 2 aromatic rings. The van der Waals surface area contributed by atoms with Gasteiger partial charge in [-0.1, -0.05) is 12.1 Å². The van der Waals surface area contributed by atoms with Gasteiger partial charge in [-0.05, 0) is 25.5 Å². The number of aromatic nitrogens is 1. The summed E-state index contributed by atoms with van der Waals surface area (Å²) < 4.78 is 13.5. The molecule has 1 aromatic heterocycles. The van der Waals surface area contributed by atoms with Gasteiger partial charge in [0.05, 0.1) is 5.52 Å². The molecule has 0 fully saturated rings. The summed E-state index contributed by atoms with van der Waals surface area (Å²) in [5, 5.41) is 9.45. The normalized spacial score (nSPS) is 12.1. The van der Waals surface area contributed by atoms with Crippen molar-refractivity contribution in [3.8, 4) is 0 Å². The van der Waals surface area contributed by atoms with Gasteiger partial charge >= 0.3 is 5.97 Å². The third-order valence-corrected chi connectivity index (χ3v) is 2.70. The van der Waals surface area contributed by atoms with Crippen LogP contribution in [0.15, 0.2) is 24.3 Å². The van der Waals surface area contributed by atoms with Gasteiger partial charge in [0.25, 0.3) is 0 Å². The van der Waals surface area contributed by atoms with Gasteiger partial charge in [0.1, 0.15) is 5.82 Å². The number of hydrogen-bond acceptors (Lipinski definition) is 1. The van der Waals surface area contributed by atoms with E-state index >= 15 is 0 Å². The van der Waals surface area contributed by atoms with E-state index in [9.17, 15) is 9.18 Å². The number of H-pyrrole nitrogens is 1. The molecule has 0 aliphatic carbocycles. The first kappa shape index (κ1) is 11.4. The maximum atomic E-state index is 13.5. The summed E-state index contributed by atoms with van der Waals surface area (Å²) in [7, 11) is 0. The zero-order chi connectivity index (χ0) is 12.6. The van der Waals surface area contributed by atoms with E-state index in [2.05, 4.69) is 4.98 Å². The average molecular weight is 233 g/mol. The zero-order valence-corrected chi connectivity index (χ0v) is 9.54. The van der Waals surface area contributed by atoms with Crippen molar-refractivity contribution in [2.45, 2.75) is 13.8 Å². The number of nitrogens with one attached hydrogen (secondary N) is 1. The van der Waals surface area contributed by atoms with Crippen LogP contribution < -0.4 is 0 Å². The first-order valence-electron chi connectivity index (χ1n) is 5.19. The van der Waals surface area contributed by atoms with E-state index in [-0.39, 0.29) is 5.82 Å². The van der Waals surface area contributed by atoms with Gasteiger partial charge < -0.3 is 10.1 Å². The molecular formula is C13H12FNO2. The lowest BCUT2D eigenvalue weighted by molar-refractivity contribution is -0.131. The Hall–Kier alpha value is -2.10. The largest absolute Gasteiger partial charge is 0.478 e. The quantitative estimate of drug-likeness (QED) is 0.783. The number of aryl methyl sites for hydroxylation is 1. The Bertz CT molecular complexity index is 626. The number of fused-ring (bicyclic) bond motifs is 1. The van der Waals surface area contributed by atoms with Crippen LogP contribution in [-0.2, 0) is 4.79 Å². The second-order valence-electron chi connectivity index (χ2n) is 3.95. The van der Waals surface area contributed by atoms with E-state index in [0.717, 1.165) is 17.3 Å². The van der Waals surface area contributed by atoms with Crippen LogP contribution in [0.25, 0.3) is 16.5 Å². The molecule has 17 heavy (non-hydrogen) atoms. The Labute approximate surface area is 97.6 Å². The van der Waals surface area contributed by atoms with E-state index in [1.165, 1.54) is 6.07 Å². The summed E-state index contributed by atoms with van der Waals surface area (Å²) in [6.07, 6.45) is 1.13. The number of carboxylic acids is 1. The molecule has 0 bridgehead atoms. The molecule has 0 aliphatic heterocycles. The number of benzene rings is 1. The SMILES string of the molecule is C/C(=C\C(=O)O)c1c(C)[nH]c2c(F)cccc12. The third-order valence-electron chi connectivity index (χ3n) is 2.70. The lowest BCUT2D eigenvalue weighted by atomic mass is 10.0. The molecule has 4 heteroatoms. The number of allylic oxidation sites excluding steroid dienone is 1. The Morgan fingerprint density at radius 3 is 2.82 bits per heavy atom. The molecule has 0 spiro atoms. The van der Waals surface area contributed by atoms with Crippen LogP contribution in [-0.4, -0.2) is 16.1 Å². The molecule has 0 unspecified atom stereocenters. The molecule has 0 saturated heterocycles. The highest BCUT2D eigenvalue weighted by Crippen LogP contribution is 2.29. The van der Waals surface area contributed by atoms with Crippen LogP contribution in [0, 0.1) is 12.7 Å². The topological polar surface area (TPSA) is 53.1 Å². The second kappa shape index (κ2) is 4.05. The molecule has 1 aromatic carbocycles. The van der Waals surface area contributed by atoms with Gasteiger partial charge in [-0.2, -0.15) is 0 Å². The van der Waals surface area contributed by atoms with Gasteiger partial charge in [-0.3, -0.25) is 0 Å². The summed E-state index contributed by atoms with van der Waals surface area (Å²) in [5.74, 6) is -1.34. The molecule has 2 rings (SSSR count). The number of halogens is 1. The molecule has 1 heterocycles. The predicted octanol–water partition coefficient (Wildman–Crippen LogP) is 3.10. The summed E-state index contributed by atoms with van der Waals surface area (Å²) in [6.45, 7) is 3.50. The lowest BCUT2D eigenvalue weighted by Crippen LogP contribution is -1.90. The molecule has 2 N–H and O–H groups in total. The molecule has 0 amide bonds. The minimum absolute atomic E-state index is 0.333. The smallest absolute Gasteiger partial charge is 0.328 e. The van der Waals surface area contributed by atoms with E-state index in [4.69, 9.17) is 5.11 Å². The minimum Gasteiger partial charge on any atom is -0.478 e. The van der Waals surface area contributed by atoms with Crippen molar-refractivity contribution in [3.63, 3.8) is 0 Å². The van der Waals surface area contributed by atoms with Crippen molar-refractivity contribution in [1.29, 1.82) is 0 Å². The fourth-order valence-electron chi connectivity index (χ4n) is 2.08. The van der Waals surface area contributed by atoms with Crippen LogP contribution in [0.5, 0.6) is 0 Å². The maximum absolute atomic E-state index is 13.5. The first-order valence-corrected chi connectivity index (χ1v) is 5.19. The van der Waals surface area contributed by atoms with Crippen LogP contribution in [0.4, 0.5) is 4.39 Å². The number of rotatable bonds is 2. The predicted molar refractivity (Wildman–Crippen MR) is 64.3 cm³/mol. The van der Waals surface area contributed by atoms with Crippen molar-refractivity contribution in [1.82, 2.24) is 4.98 Å². The van der Waals surface area contributed by atoms with Crippen molar-refractivity contribution < 1.29 is 14.3 Å². The van der Waals surface area contributed by atoms with Crippen molar-refractivity contribution in [2.24, 2.45) is 0 Å². The summed E-state index contributed by atoms with van der Waals surface area (Å²) in [5.41, 5.74) is 2.53. The number of hydrogen-bond donors (Lipinski definition) is 2. The van der Waals surface area contributed by atoms with Gasteiger partial charge in [-0.25, -0.2) is 9.18 Å². The summed E-state index contributed by atoms with van der Waals surface area (Å²) in [4.78, 5) is 13.6. The van der Waals surface area contributed by atoms with Gasteiger partial charge in [0, 0.05) is 22.7 Å². The standard InChI is InChI=1S/C13H12FNO2/c1-7(6-11(16)17)12-8(2)15-13-9(12)4-3-5-10(13)14/h3-6,15H,1-2H3,(H,16,17)/b7-6+. The Morgan fingerprint density at radius 1 is 1.47 bits per heavy atom. The zero-order valence-electron chi connectivity index (χ0n) is 9.54. The summed E-state index contributed by atoms with van der Waals surface area (Å²) in [6, 6.07) is 4.76. The van der Waals surface area contributed by atoms with Crippen molar-refractivity contribution in [3.05, 3.63) is 41.3 Å². The van der Waals surface area contributed by atoms with E-state index < -0.39 is 5.97 Å². The molecule has 0 radical (unpaired) electrons. The number of carboxylic acid groups (broad SMARTS) is 1.